The van der Waals surface area contributed by atoms with E-state index in [0.29, 0.717) is 22.9 Å². The summed E-state index contributed by atoms with van der Waals surface area (Å²) in [6.45, 7) is 0. The lowest BCUT2D eigenvalue weighted by Crippen LogP contribution is -2.48. The summed E-state index contributed by atoms with van der Waals surface area (Å²) in [5, 5.41) is 20.8. The Morgan fingerprint density at radius 1 is 0.636 bits per heavy atom. The third kappa shape index (κ3) is 8.26. The Balaban J connectivity index is 1.58. The molecule has 2 atom stereocenters. The molecule has 2 N–H and O–H groups in total. The maximum atomic E-state index is 13.4. The summed E-state index contributed by atoms with van der Waals surface area (Å²) in [5.41, 5.74) is 1.27. The molecule has 0 aliphatic carbocycles. The highest BCUT2D eigenvalue weighted by molar-refractivity contribution is 6.01. The number of carboxylic acids is 1. The van der Waals surface area contributed by atoms with E-state index in [4.69, 9.17) is 18.9 Å². The Hall–Kier alpha value is -6.04. The first-order valence-corrected chi connectivity index (χ1v) is 13.1. The van der Waals surface area contributed by atoms with Crippen LogP contribution in [0.2, 0.25) is 0 Å². The van der Waals surface area contributed by atoms with E-state index in [9.17, 15) is 24.3 Å². The fraction of sp³-hybridized carbons (Fsp3) is 0.125. The van der Waals surface area contributed by atoms with Gasteiger partial charge < -0.3 is 29.4 Å². The zero-order valence-corrected chi connectivity index (χ0v) is 23.6. The van der Waals surface area contributed by atoms with Crippen molar-refractivity contribution in [2.75, 3.05) is 19.5 Å². The third-order valence-electron chi connectivity index (χ3n) is 6.03. The van der Waals surface area contributed by atoms with Gasteiger partial charge in [-0.3, -0.25) is 4.79 Å². The van der Waals surface area contributed by atoms with Crippen LogP contribution >= 0.6 is 0 Å². The summed E-state index contributed by atoms with van der Waals surface area (Å²) >= 11 is 0. The Morgan fingerprint density at radius 3 is 1.64 bits per heavy atom. The van der Waals surface area contributed by atoms with Crippen molar-refractivity contribution in [1.29, 1.82) is 0 Å². The van der Waals surface area contributed by atoms with Crippen molar-refractivity contribution in [2.24, 2.45) is 10.2 Å². The number of anilines is 1. The van der Waals surface area contributed by atoms with Gasteiger partial charge in [0.25, 0.3) is 5.91 Å². The van der Waals surface area contributed by atoms with E-state index in [0.717, 1.165) is 0 Å². The molecule has 0 unspecified atom stereocenters. The van der Waals surface area contributed by atoms with Crippen molar-refractivity contribution in [2.45, 2.75) is 12.2 Å². The lowest BCUT2D eigenvalue weighted by Gasteiger charge is -2.23. The van der Waals surface area contributed by atoms with Crippen LogP contribution in [0.15, 0.2) is 113 Å². The maximum Gasteiger partial charge on any atom is 0.349 e. The minimum Gasteiger partial charge on any atom is -0.497 e. The molecule has 0 bridgehead atoms. The predicted molar refractivity (Wildman–Crippen MR) is 158 cm³/mol. The number of hydrogen-bond donors (Lipinski definition) is 2. The molecule has 0 aromatic heterocycles. The number of carboxylic acid groups (broad SMARTS) is 1. The number of azo groups is 1. The number of aliphatic carboxylic acids is 1. The highest BCUT2D eigenvalue weighted by atomic mass is 16.6. The molecular formula is C32H27N3O9. The second-order valence-electron chi connectivity index (χ2n) is 9.03. The Bertz CT molecular complexity index is 1660. The molecule has 4 rings (SSSR count). The molecule has 0 saturated carbocycles. The van der Waals surface area contributed by atoms with Gasteiger partial charge in [-0.15, -0.1) is 0 Å². The first-order chi connectivity index (χ1) is 21.3. The number of methoxy groups -OCH3 is 2. The average Bonchev–Trinajstić information content (AvgIpc) is 3.06. The Morgan fingerprint density at radius 2 is 1.14 bits per heavy atom. The van der Waals surface area contributed by atoms with Crippen molar-refractivity contribution >= 4 is 40.9 Å². The zero-order valence-electron chi connectivity index (χ0n) is 23.6. The largest absolute Gasteiger partial charge is 0.497 e. The molecule has 0 aliphatic heterocycles. The molecular weight excluding hydrogens is 570 g/mol. The Labute approximate surface area is 251 Å². The lowest BCUT2D eigenvalue weighted by atomic mass is 10.1. The predicted octanol–water partition coefficient (Wildman–Crippen LogP) is 5.59. The molecule has 4 aromatic rings. The van der Waals surface area contributed by atoms with Crippen LogP contribution in [0.4, 0.5) is 17.1 Å². The number of rotatable bonds is 12. The Kier molecular flexibility index (Phi) is 10.3. The number of esters is 2. The number of nitrogens with one attached hydrogen (secondary N) is 1. The fourth-order valence-corrected chi connectivity index (χ4v) is 3.80. The molecule has 0 aliphatic rings. The van der Waals surface area contributed by atoms with Gasteiger partial charge in [-0.25, -0.2) is 14.4 Å². The molecule has 0 radical (unpaired) electrons. The second kappa shape index (κ2) is 14.7. The monoisotopic (exact) mass is 597 g/mol. The van der Waals surface area contributed by atoms with Crippen LogP contribution in [0.5, 0.6) is 11.5 Å². The minimum absolute atomic E-state index is 0.0291. The first kappa shape index (κ1) is 30.9. The van der Waals surface area contributed by atoms with E-state index < -0.39 is 36.0 Å². The van der Waals surface area contributed by atoms with Crippen LogP contribution in [0.3, 0.4) is 0 Å². The molecule has 1 amide bonds. The molecule has 12 heteroatoms. The molecule has 0 heterocycles. The van der Waals surface area contributed by atoms with Gasteiger partial charge >= 0.3 is 17.9 Å². The van der Waals surface area contributed by atoms with E-state index in [2.05, 4.69) is 15.5 Å². The maximum absolute atomic E-state index is 13.4. The average molecular weight is 598 g/mol. The molecule has 44 heavy (non-hydrogen) atoms. The first-order valence-electron chi connectivity index (χ1n) is 13.1. The van der Waals surface area contributed by atoms with Gasteiger partial charge in [-0.1, -0.05) is 30.3 Å². The number of benzene rings is 4. The SMILES string of the molecule is COc1cccc(C(=O)O[C@H](C(=O)O)[C@H](OC(=O)c2cccc(OC)c2)C(=O)Nc2ccc(N=Nc3ccccc3)cc2)c1. The number of hydrogen-bond acceptors (Lipinski definition) is 10. The van der Waals surface area contributed by atoms with Crippen LogP contribution < -0.4 is 14.8 Å². The minimum atomic E-state index is -2.22. The summed E-state index contributed by atoms with van der Waals surface area (Å²) in [6, 6.07) is 26.8. The van der Waals surface area contributed by atoms with Gasteiger partial charge in [0.15, 0.2) is 0 Å². The van der Waals surface area contributed by atoms with Crippen molar-refractivity contribution in [1.82, 2.24) is 0 Å². The van der Waals surface area contributed by atoms with Gasteiger partial charge in [0, 0.05) is 5.69 Å². The number of carbonyl (C=O) groups excluding carboxylic acids is 3. The summed E-state index contributed by atoms with van der Waals surface area (Å²) < 4.78 is 20.8. The summed E-state index contributed by atoms with van der Waals surface area (Å²) in [4.78, 5) is 51.7. The van der Waals surface area contributed by atoms with Gasteiger partial charge in [0.05, 0.1) is 36.7 Å². The quantitative estimate of drug-likeness (QED) is 0.156. The van der Waals surface area contributed by atoms with Crippen molar-refractivity contribution in [3.8, 4) is 11.5 Å². The molecule has 4 aromatic carbocycles. The highest BCUT2D eigenvalue weighted by Gasteiger charge is 2.41. The normalized spacial score (nSPS) is 12.0. The third-order valence-corrected chi connectivity index (χ3v) is 6.03. The topological polar surface area (TPSA) is 162 Å². The molecule has 12 nitrogen and oxygen atoms in total. The summed E-state index contributed by atoms with van der Waals surface area (Å²) in [5.74, 6) is -4.28. The number of carbonyl (C=O) groups is 4. The van der Waals surface area contributed by atoms with Gasteiger partial charge in [0.1, 0.15) is 11.5 Å². The van der Waals surface area contributed by atoms with Crippen LogP contribution in [0.1, 0.15) is 20.7 Å². The smallest absolute Gasteiger partial charge is 0.349 e. The summed E-state index contributed by atoms with van der Waals surface area (Å²) in [7, 11) is 2.79. The van der Waals surface area contributed by atoms with Crippen LogP contribution in [-0.2, 0) is 19.1 Å². The highest BCUT2D eigenvalue weighted by Crippen LogP contribution is 2.22. The molecule has 0 spiro atoms. The fourth-order valence-electron chi connectivity index (χ4n) is 3.80. The number of amides is 1. The van der Waals surface area contributed by atoms with E-state index in [1.807, 2.05) is 18.2 Å². The van der Waals surface area contributed by atoms with Crippen molar-refractivity contribution in [3.63, 3.8) is 0 Å². The van der Waals surface area contributed by atoms with Crippen molar-refractivity contribution in [3.05, 3.63) is 114 Å². The standard InChI is InChI=1S/C32H27N3O9/c1-41-25-12-6-8-20(18-25)31(39)43-27(28(30(37)38)44-32(40)21-9-7-13-26(19-21)42-2)29(36)33-22-14-16-24(17-15-22)35-34-23-10-4-3-5-11-23/h3-19,27-28H,1-2H3,(H,33,36)(H,37,38)/t27-,28-/m0/s1. The van der Waals surface area contributed by atoms with E-state index in [1.165, 1.54) is 62.8 Å². The summed E-state index contributed by atoms with van der Waals surface area (Å²) in [6.07, 6.45) is -4.32. The van der Waals surface area contributed by atoms with E-state index in [1.54, 1.807) is 36.4 Å². The van der Waals surface area contributed by atoms with Crippen LogP contribution in [0, 0.1) is 0 Å². The van der Waals surface area contributed by atoms with Gasteiger partial charge in [-0.2, -0.15) is 10.2 Å². The number of ether oxygens (including phenoxy) is 4. The van der Waals surface area contributed by atoms with Gasteiger partial charge in [0.2, 0.25) is 12.2 Å². The second-order valence-corrected chi connectivity index (χ2v) is 9.03. The van der Waals surface area contributed by atoms with Crippen molar-refractivity contribution < 1.29 is 43.2 Å². The molecule has 0 fully saturated rings. The van der Waals surface area contributed by atoms with E-state index in [-0.39, 0.29) is 16.8 Å². The number of nitrogens with zero attached hydrogens (tertiary/aromatic N) is 2. The van der Waals surface area contributed by atoms with Crippen LogP contribution in [-0.4, -0.2) is 55.3 Å². The van der Waals surface area contributed by atoms with E-state index >= 15 is 0 Å². The molecule has 0 saturated heterocycles. The van der Waals surface area contributed by atoms with Gasteiger partial charge in [-0.05, 0) is 72.8 Å². The molecule has 224 valence electrons. The lowest BCUT2D eigenvalue weighted by molar-refractivity contribution is -0.157. The van der Waals surface area contributed by atoms with Crippen LogP contribution in [0.25, 0.3) is 0 Å². The zero-order chi connectivity index (χ0) is 31.5.